The number of hydrogen-bond acceptors (Lipinski definition) is 7. The van der Waals surface area contributed by atoms with Crippen LogP contribution in [0.1, 0.15) is 44.4 Å². The van der Waals surface area contributed by atoms with Crippen LogP contribution in [0.2, 0.25) is 0 Å². The number of amidine groups is 1. The van der Waals surface area contributed by atoms with Crippen molar-refractivity contribution in [3.05, 3.63) is 59.3 Å². The summed E-state index contributed by atoms with van der Waals surface area (Å²) < 4.78 is 5.08. The van der Waals surface area contributed by atoms with Crippen LogP contribution in [-0.2, 0) is 10.6 Å². The van der Waals surface area contributed by atoms with Crippen LogP contribution in [0, 0.1) is 5.92 Å². The van der Waals surface area contributed by atoms with Crippen LogP contribution in [-0.4, -0.2) is 71.1 Å². The summed E-state index contributed by atoms with van der Waals surface area (Å²) in [5.74, 6) is 2.62. The van der Waals surface area contributed by atoms with E-state index in [1.54, 1.807) is 11.2 Å². The molecule has 2 fully saturated rings. The van der Waals surface area contributed by atoms with Crippen LogP contribution in [0.5, 0.6) is 0 Å². The Morgan fingerprint density at radius 3 is 2.71 bits per heavy atom. The monoisotopic (exact) mass is 481 g/mol. The number of amides is 1. The molecule has 0 aromatic carbocycles. The standard InChI is InChI=1S/C26H35N5O2S/c1-5-19(2)17-22(21-7-6-11-27-23(21)18-20-8-9-20)25-28-24(10-12-29(25)3)30-13-15-31(16-14-30)26(32)33-34-4/h6-7,10-12,17,20H,5,8-9,13-16,18H2,1-4H3/b19-17?,25-22+. The Labute approximate surface area is 207 Å². The number of aliphatic imine (C=N–C) groups is 1. The van der Waals surface area contributed by atoms with Gasteiger partial charge in [0.2, 0.25) is 0 Å². The molecule has 1 aromatic heterocycles. The van der Waals surface area contributed by atoms with Gasteiger partial charge in [-0.2, -0.15) is 0 Å². The Morgan fingerprint density at radius 2 is 2.03 bits per heavy atom. The molecule has 2 aliphatic heterocycles. The number of allylic oxidation sites excluding steroid dienone is 3. The number of pyridine rings is 1. The lowest BCUT2D eigenvalue weighted by atomic mass is 9.97. The SMILES string of the molecule is CCC(C)=C/C(=C1/N=C(N2CCN(C(=O)OSC)CC2)C=CN1C)c1cccnc1CC1CC1. The first-order valence-electron chi connectivity index (χ1n) is 12.1. The maximum atomic E-state index is 12.1. The van der Waals surface area contributed by atoms with Crippen molar-refractivity contribution in [3.8, 4) is 0 Å². The van der Waals surface area contributed by atoms with Gasteiger partial charge in [0.05, 0.1) is 12.0 Å². The molecule has 0 N–H and O–H groups in total. The summed E-state index contributed by atoms with van der Waals surface area (Å²) >= 11 is 1.09. The third-order valence-corrected chi connectivity index (χ3v) is 6.88. The lowest BCUT2D eigenvalue weighted by molar-refractivity contribution is 0.137. The van der Waals surface area contributed by atoms with Gasteiger partial charge >= 0.3 is 6.09 Å². The molecule has 3 aliphatic rings. The van der Waals surface area contributed by atoms with Crippen molar-refractivity contribution in [3.63, 3.8) is 0 Å². The minimum Gasteiger partial charge on any atom is -0.375 e. The second-order valence-electron chi connectivity index (χ2n) is 9.11. The van der Waals surface area contributed by atoms with E-state index in [9.17, 15) is 4.79 Å². The summed E-state index contributed by atoms with van der Waals surface area (Å²) in [5, 5.41) is 0. The Hall–Kier alpha value is -2.74. The summed E-state index contributed by atoms with van der Waals surface area (Å²) in [4.78, 5) is 28.1. The fourth-order valence-electron chi connectivity index (χ4n) is 4.19. The Bertz CT molecular complexity index is 1020. The first-order chi connectivity index (χ1) is 16.5. The van der Waals surface area contributed by atoms with Gasteiger partial charge in [-0.1, -0.05) is 24.6 Å². The zero-order valence-electron chi connectivity index (χ0n) is 20.7. The van der Waals surface area contributed by atoms with E-state index in [0.717, 1.165) is 66.8 Å². The van der Waals surface area contributed by atoms with Crippen LogP contribution in [0.4, 0.5) is 4.79 Å². The molecule has 7 nitrogen and oxygen atoms in total. The molecule has 1 aromatic rings. The Kier molecular flexibility index (Phi) is 7.98. The van der Waals surface area contributed by atoms with E-state index in [1.165, 1.54) is 24.0 Å². The van der Waals surface area contributed by atoms with Crippen molar-refractivity contribution in [2.24, 2.45) is 10.9 Å². The van der Waals surface area contributed by atoms with Crippen LogP contribution in [0.3, 0.4) is 0 Å². The molecular formula is C26H35N5O2S. The lowest BCUT2D eigenvalue weighted by Gasteiger charge is -2.36. The molecule has 3 heterocycles. The molecule has 182 valence electrons. The maximum absolute atomic E-state index is 12.1. The van der Waals surface area contributed by atoms with Crippen LogP contribution >= 0.6 is 12.0 Å². The highest BCUT2D eigenvalue weighted by Crippen LogP contribution is 2.36. The van der Waals surface area contributed by atoms with Gasteiger partial charge in [-0.15, -0.1) is 0 Å². The molecule has 1 amide bonds. The molecule has 4 rings (SSSR count). The minimum absolute atomic E-state index is 0.268. The van der Waals surface area contributed by atoms with Gasteiger partial charge in [0.25, 0.3) is 0 Å². The lowest BCUT2D eigenvalue weighted by Crippen LogP contribution is -2.50. The normalized spacial score (nSPS) is 20.4. The predicted octanol–water partition coefficient (Wildman–Crippen LogP) is 4.95. The Balaban J connectivity index is 1.66. The molecule has 1 aliphatic carbocycles. The third-order valence-electron chi connectivity index (χ3n) is 6.57. The average Bonchev–Trinajstić information content (AvgIpc) is 3.68. The van der Waals surface area contributed by atoms with Crippen molar-refractivity contribution in [1.29, 1.82) is 0 Å². The highest BCUT2D eigenvalue weighted by atomic mass is 32.2. The summed E-state index contributed by atoms with van der Waals surface area (Å²) in [6.07, 6.45) is 14.4. The summed E-state index contributed by atoms with van der Waals surface area (Å²) in [5.41, 5.74) is 4.76. The van der Waals surface area contributed by atoms with E-state index in [0.29, 0.717) is 13.1 Å². The number of aromatic nitrogens is 1. The van der Waals surface area contributed by atoms with Crippen LogP contribution < -0.4 is 0 Å². The summed E-state index contributed by atoms with van der Waals surface area (Å²) in [6, 6.07) is 4.21. The summed E-state index contributed by atoms with van der Waals surface area (Å²) in [7, 11) is 2.05. The first kappa shape index (κ1) is 24.4. The highest BCUT2D eigenvalue weighted by molar-refractivity contribution is 7.94. The van der Waals surface area contributed by atoms with Gasteiger partial charge in [0, 0.05) is 68.7 Å². The fraction of sp³-hybridized carbons (Fsp3) is 0.500. The Morgan fingerprint density at radius 1 is 1.26 bits per heavy atom. The van der Waals surface area contributed by atoms with E-state index in [4.69, 9.17) is 14.2 Å². The van der Waals surface area contributed by atoms with Crippen molar-refractivity contribution in [1.82, 2.24) is 19.7 Å². The number of hydrogen-bond donors (Lipinski definition) is 0. The van der Waals surface area contributed by atoms with E-state index in [1.807, 2.05) is 12.3 Å². The zero-order valence-corrected chi connectivity index (χ0v) is 21.5. The van der Waals surface area contributed by atoms with Gasteiger partial charge in [-0.05, 0) is 50.7 Å². The number of rotatable bonds is 6. The molecule has 8 heteroatoms. The van der Waals surface area contributed by atoms with Crippen molar-refractivity contribution < 1.29 is 8.98 Å². The van der Waals surface area contributed by atoms with Crippen molar-refractivity contribution in [2.75, 3.05) is 39.5 Å². The van der Waals surface area contributed by atoms with Gasteiger partial charge in [0.1, 0.15) is 11.7 Å². The molecule has 0 radical (unpaired) electrons. The molecule has 1 saturated carbocycles. The van der Waals surface area contributed by atoms with Gasteiger partial charge in [0.15, 0.2) is 0 Å². The zero-order chi connectivity index (χ0) is 24.1. The minimum atomic E-state index is -0.268. The second kappa shape index (κ2) is 11.1. The van der Waals surface area contributed by atoms with E-state index in [-0.39, 0.29) is 6.09 Å². The maximum Gasteiger partial charge on any atom is 0.422 e. The van der Waals surface area contributed by atoms with E-state index in [2.05, 4.69) is 55.1 Å². The predicted molar refractivity (Wildman–Crippen MR) is 139 cm³/mol. The number of piperazine rings is 1. The molecule has 0 spiro atoms. The number of carbonyl (C=O) groups is 1. The second-order valence-corrected chi connectivity index (χ2v) is 9.61. The number of carbonyl (C=O) groups excluding carboxylic acids is 1. The van der Waals surface area contributed by atoms with E-state index >= 15 is 0 Å². The summed E-state index contributed by atoms with van der Waals surface area (Å²) in [6.45, 7) is 7.05. The molecule has 0 unspecified atom stereocenters. The fourth-order valence-corrected chi connectivity index (χ4v) is 4.44. The largest absolute Gasteiger partial charge is 0.422 e. The first-order valence-corrected chi connectivity index (χ1v) is 13.2. The van der Waals surface area contributed by atoms with Crippen molar-refractivity contribution in [2.45, 2.75) is 39.5 Å². The van der Waals surface area contributed by atoms with E-state index < -0.39 is 0 Å². The molecule has 0 atom stereocenters. The van der Waals surface area contributed by atoms with Crippen LogP contribution in [0.15, 0.2) is 53.1 Å². The molecule has 0 bridgehead atoms. The van der Waals surface area contributed by atoms with Crippen molar-refractivity contribution >= 4 is 29.5 Å². The molecular weight excluding hydrogens is 446 g/mol. The smallest absolute Gasteiger partial charge is 0.375 e. The molecule has 34 heavy (non-hydrogen) atoms. The van der Waals surface area contributed by atoms with Gasteiger partial charge in [-0.3, -0.25) is 4.98 Å². The number of nitrogens with zero attached hydrogens (tertiary/aromatic N) is 5. The van der Waals surface area contributed by atoms with Gasteiger partial charge in [-0.25, -0.2) is 9.79 Å². The van der Waals surface area contributed by atoms with Gasteiger partial charge < -0.3 is 18.9 Å². The quantitative estimate of drug-likeness (QED) is 0.536. The third kappa shape index (κ3) is 5.84. The van der Waals surface area contributed by atoms with Crippen LogP contribution in [0.25, 0.3) is 5.57 Å². The topological polar surface area (TPSA) is 61.3 Å². The average molecular weight is 482 g/mol. The molecule has 1 saturated heterocycles. The highest BCUT2D eigenvalue weighted by Gasteiger charge is 2.27.